The van der Waals surface area contributed by atoms with Crippen LogP contribution in [0.4, 0.5) is 0 Å². The van der Waals surface area contributed by atoms with E-state index in [1.165, 1.54) is 5.56 Å². The normalized spacial score (nSPS) is 12.1. The van der Waals surface area contributed by atoms with Gasteiger partial charge in [0, 0.05) is 11.1 Å². The van der Waals surface area contributed by atoms with Crippen LogP contribution in [0.3, 0.4) is 0 Å². The Hall–Kier alpha value is -1.51. The van der Waals surface area contributed by atoms with Gasteiger partial charge >= 0.3 is 0 Å². The van der Waals surface area contributed by atoms with Crippen LogP contribution in [0.2, 0.25) is 5.02 Å². The highest BCUT2D eigenvalue weighted by atomic mass is 35.5. The highest BCUT2D eigenvalue weighted by Crippen LogP contribution is 2.15. The number of ether oxygens (including phenoxy) is 1. The van der Waals surface area contributed by atoms with Gasteiger partial charge in [-0.25, -0.2) is 0 Å². The molecule has 0 unspecified atom stereocenters. The Morgan fingerprint density at radius 1 is 1.00 bits per heavy atom. The molecule has 0 amide bonds. The van der Waals surface area contributed by atoms with Crippen LogP contribution in [-0.4, -0.2) is 13.2 Å². The van der Waals surface area contributed by atoms with E-state index in [2.05, 4.69) is 36.5 Å². The third-order valence-corrected chi connectivity index (χ3v) is 3.66. The molecule has 0 aliphatic heterocycles. The van der Waals surface area contributed by atoms with Gasteiger partial charge in [0.2, 0.25) is 0 Å². The highest BCUT2D eigenvalue weighted by molar-refractivity contribution is 6.30. The average Bonchev–Trinajstić information content (AvgIpc) is 2.53. The molecule has 0 radical (unpaired) electrons. The summed E-state index contributed by atoms with van der Waals surface area (Å²) in [6.07, 6.45) is 2.14. The van der Waals surface area contributed by atoms with Crippen LogP contribution >= 0.6 is 11.6 Å². The molecule has 112 valence electrons. The lowest BCUT2D eigenvalue weighted by atomic mass is 10.1. The summed E-state index contributed by atoms with van der Waals surface area (Å²) in [4.78, 5) is 0. The van der Waals surface area contributed by atoms with Gasteiger partial charge in [-0.2, -0.15) is 0 Å². The van der Waals surface area contributed by atoms with E-state index in [4.69, 9.17) is 16.3 Å². The first kappa shape index (κ1) is 15.9. The molecule has 0 saturated carbocycles. The van der Waals surface area contributed by atoms with E-state index in [0.29, 0.717) is 6.04 Å². The van der Waals surface area contributed by atoms with E-state index in [1.54, 1.807) is 0 Å². The van der Waals surface area contributed by atoms with Crippen molar-refractivity contribution in [1.82, 2.24) is 5.32 Å². The Labute approximate surface area is 132 Å². The smallest absolute Gasteiger partial charge is 0.119 e. The Morgan fingerprint density at radius 3 is 2.43 bits per heavy atom. The Bertz CT molecular complexity index is 513. The standard InChI is InChI=1S/C18H22ClNO/c1-15(16-7-3-2-4-8-16)20-13-5-6-14-21-18-11-9-17(19)10-12-18/h2-4,7-12,15,20H,5-6,13-14H2,1H3/t15-/m1/s1. The van der Waals surface area contributed by atoms with E-state index in [-0.39, 0.29) is 0 Å². The number of nitrogens with one attached hydrogen (secondary N) is 1. The summed E-state index contributed by atoms with van der Waals surface area (Å²) < 4.78 is 5.67. The fraction of sp³-hybridized carbons (Fsp3) is 0.333. The number of hydrogen-bond acceptors (Lipinski definition) is 2. The van der Waals surface area contributed by atoms with Crippen molar-refractivity contribution in [2.24, 2.45) is 0 Å². The third kappa shape index (κ3) is 5.78. The number of halogens is 1. The maximum absolute atomic E-state index is 5.83. The van der Waals surface area contributed by atoms with E-state index in [0.717, 1.165) is 36.8 Å². The van der Waals surface area contributed by atoms with Gasteiger partial charge in [-0.1, -0.05) is 41.9 Å². The second kappa shape index (κ2) is 8.71. The Balaban J connectivity index is 1.57. The Morgan fingerprint density at radius 2 is 1.71 bits per heavy atom. The molecular weight excluding hydrogens is 282 g/mol. The SMILES string of the molecule is C[C@@H](NCCCCOc1ccc(Cl)cc1)c1ccccc1. The molecule has 0 bridgehead atoms. The molecule has 2 aromatic rings. The quantitative estimate of drug-likeness (QED) is 0.704. The van der Waals surface area contributed by atoms with Crippen molar-refractivity contribution in [2.45, 2.75) is 25.8 Å². The van der Waals surface area contributed by atoms with Gasteiger partial charge in [0.05, 0.1) is 6.61 Å². The topological polar surface area (TPSA) is 21.3 Å². The zero-order valence-electron chi connectivity index (χ0n) is 12.4. The molecule has 0 aromatic heterocycles. The van der Waals surface area contributed by atoms with Gasteiger partial charge in [0.1, 0.15) is 5.75 Å². The molecule has 1 atom stereocenters. The Kier molecular flexibility index (Phi) is 6.58. The van der Waals surface area contributed by atoms with Crippen LogP contribution in [0.5, 0.6) is 5.75 Å². The molecule has 0 saturated heterocycles. The van der Waals surface area contributed by atoms with Crippen molar-refractivity contribution < 1.29 is 4.74 Å². The number of hydrogen-bond donors (Lipinski definition) is 1. The fourth-order valence-electron chi connectivity index (χ4n) is 2.13. The van der Waals surface area contributed by atoms with Crippen molar-refractivity contribution in [2.75, 3.05) is 13.2 Å². The first-order valence-electron chi connectivity index (χ1n) is 7.42. The minimum Gasteiger partial charge on any atom is -0.494 e. The van der Waals surface area contributed by atoms with E-state index in [9.17, 15) is 0 Å². The van der Waals surface area contributed by atoms with Crippen LogP contribution in [0.15, 0.2) is 54.6 Å². The summed E-state index contributed by atoms with van der Waals surface area (Å²) in [5.41, 5.74) is 1.33. The van der Waals surface area contributed by atoms with Crippen molar-refractivity contribution in [1.29, 1.82) is 0 Å². The van der Waals surface area contributed by atoms with Crippen molar-refractivity contribution >= 4 is 11.6 Å². The monoisotopic (exact) mass is 303 g/mol. The number of unbranched alkanes of at least 4 members (excludes halogenated alkanes) is 1. The molecule has 2 rings (SSSR count). The molecular formula is C18H22ClNO. The van der Waals surface area contributed by atoms with Crippen molar-refractivity contribution in [3.8, 4) is 5.75 Å². The van der Waals surface area contributed by atoms with Gasteiger partial charge < -0.3 is 10.1 Å². The number of rotatable bonds is 8. The fourth-order valence-corrected chi connectivity index (χ4v) is 2.25. The lowest BCUT2D eigenvalue weighted by Crippen LogP contribution is -2.20. The maximum atomic E-state index is 5.83. The largest absolute Gasteiger partial charge is 0.494 e. The molecule has 0 aliphatic carbocycles. The summed E-state index contributed by atoms with van der Waals surface area (Å²) in [6.45, 7) is 3.93. The predicted octanol–water partition coefficient (Wildman–Crippen LogP) is 4.85. The molecule has 3 heteroatoms. The van der Waals surface area contributed by atoms with Crippen LogP contribution in [0.1, 0.15) is 31.4 Å². The van der Waals surface area contributed by atoms with E-state index in [1.807, 2.05) is 30.3 Å². The zero-order valence-corrected chi connectivity index (χ0v) is 13.1. The third-order valence-electron chi connectivity index (χ3n) is 3.40. The first-order valence-corrected chi connectivity index (χ1v) is 7.80. The lowest BCUT2D eigenvalue weighted by molar-refractivity contribution is 0.305. The molecule has 2 nitrogen and oxygen atoms in total. The lowest BCUT2D eigenvalue weighted by Gasteiger charge is -2.14. The summed E-state index contributed by atoms with van der Waals surface area (Å²) in [5.74, 6) is 0.880. The van der Waals surface area contributed by atoms with E-state index < -0.39 is 0 Å². The van der Waals surface area contributed by atoms with Gasteiger partial charge in [-0.3, -0.25) is 0 Å². The second-order valence-corrected chi connectivity index (χ2v) is 5.53. The summed E-state index contributed by atoms with van der Waals surface area (Å²) >= 11 is 5.83. The molecule has 1 N–H and O–H groups in total. The zero-order chi connectivity index (χ0) is 14.9. The van der Waals surface area contributed by atoms with Gasteiger partial charge in [0.25, 0.3) is 0 Å². The maximum Gasteiger partial charge on any atom is 0.119 e. The molecule has 0 fully saturated rings. The van der Waals surface area contributed by atoms with Crippen LogP contribution in [-0.2, 0) is 0 Å². The average molecular weight is 304 g/mol. The molecule has 21 heavy (non-hydrogen) atoms. The first-order chi connectivity index (χ1) is 10.3. The second-order valence-electron chi connectivity index (χ2n) is 5.10. The van der Waals surface area contributed by atoms with Gasteiger partial charge in [-0.15, -0.1) is 0 Å². The van der Waals surface area contributed by atoms with Gasteiger partial charge in [0.15, 0.2) is 0 Å². The predicted molar refractivity (Wildman–Crippen MR) is 89.0 cm³/mol. The minimum absolute atomic E-state index is 0.392. The highest BCUT2D eigenvalue weighted by Gasteiger charge is 2.02. The van der Waals surface area contributed by atoms with Crippen LogP contribution in [0, 0.1) is 0 Å². The summed E-state index contributed by atoms with van der Waals surface area (Å²) in [6, 6.07) is 18.4. The minimum atomic E-state index is 0.392. The van der Waals surface area contributed by atoms with Crippen molar-refractivity contribution in [3.05, 3.63) is 65.2 Å². The molecule has 0 aliphatic rings. The summed E-state index contributed by atoms with van der Waals surface area (Å²) in [7, 11) is 0. The van der Waals surface area contributed by atoms with E-state index >= 15 is 0 Å². The van der Waals surface area contributed by atoms with Crippen LogP contribution < -0.4 is 10.1 Å². The van der Waals surface area contributed by atoms with Gasteiger partial charge in [-0.05, 0) is 56.1 Å². The van der Waals surface area contributed by atoms with Crippen molar-refractivity contribution in [3.63, 3.8) is 0 Å². The van der Waals surface area contributed by atoms with Crippen LogP contribution in [0.25, 0.3) is 0 Å². The summed E-state index contributed by atoms with van der Waals surface area (Å²) in [5, 5.41) is 4.27. The molecule has 0 heterocycles. The number of benzene rings is 2. The molecule has 2 aromatic carbocycles. The molecule has 0 spiro atoms.